The van der Waals surface area contributed by atoms with Gasteiger partial charge in [0, 0.05) is 10.7 Å². The molecule has 0 saturated heterocycles. The van der Waals surface area contributed by atoms with Gasteiger partial charge in [-0.25, -0.2) is 4.98 Å². The molecule has 0 saturated carbocycles. The molecule has 2 rings (SSSR count). The van der Waals surface area contributed by atoms with Gasteiger partial charge in [0.25, 0.3) is 0 Å². The van der Waals surface area contributed by atoms with Crippen molar-refractivity contribution in [3.05, 3.63) is 34.2 Å². The van der Waals surface area contributed by atoms with Gasteiger partial charge in [-0.15, -0.1) is 0 Å². The van der Waals surface area contributed by atoms with Crippen LogP contribution < -0.4 is 0 Å². The minimum absolute atomic E-state index is 0.335. The maximum atomic E-state index is 8.87. The van der Waals surface area contributed by atoms with Gasteiger partial charge < -0.3 is 4.40 Å². The monoisotopic (exact) mass is 277 g/mol. The first-order valence-corrected chi connectivity index (χ1v) is 5.96. The fourth-order valence-corrected chi connectivity index (χ4v) is 2.14. The molecule has 0 bridgehead atoms. The first-order chi connectivity index (χ1) is 7.63. The predicted molar refractivity (Wildman–Crippen MR) is 66.3 cm³/mol. The van der Waals surface area contributed by atoms with Crippen molar-refractivity contribution in [3.8, 4) is 6.07 Å². The van der Waals surface area contributed by atoms with Gasteiger partial charge >= 0.3 is 0 Å². The van der Waals surface area contributed by atoms with Crippen LogP contribution in [0.2, 0.25) is 0 Å². The number of rotatable bonds is 2. The van der Waals surface area contributed by atoms with Crippen molar-refractivity contribution in [1.29, 1.82) is 5.26 Å². The molecule has 0 aliphatic rings. The summed E-state index contributed by atoms with van der Waals surface area (Å²) in [5.41, 5.74) is 2.91. The third kappa shape index (κ3) is 1.83. The van der Waals surface area contributed by atoms with Crippen molar-refractivity contribution in [2.45, 2.75) is 26.2 Å². The third-order valence-electron chi connectivity index (χ3n) is 2.51. The number of halogens is 1. The molecule has 0 atom stereocenters. The molecule has 0 spiro atoms. The number of nitriles is 1. The van der Waals surface area contributed by atoms with Crippen molar-refractivity contribution >= 4 is 21.6 Å². The zero-order valence-electron chi connectivity index (χ0n) is 9.24. The van der Waals surface area contributed by atoms with Gasteiger partial charge in [0.05, 0.1) is 23.9 Å². The molecule has 0 amide bonds. The normalized spacial score (nSPS) is 10.9. The molecule has 4 heteroatoms. The summed E-state index contributed by atoms with van der Waals surface area (Å²) in [6, 6.07) is 6.12. The molecular weight excluding hydrogens is 266 g/mol. The average molecular weight is 278 g/mol. The van der Waals surface area contributed by atoms with Gasteiger partial charge in [0.1, 0.15) is 5.65 Å². The number of aromatic nitrogens is 2. The van der Waals surface area contributed by atoms with Gasteiger partial charge in [-0.2, -0.15) is 5.26 Å². The first kappa shape index (κ1) is 11.2. The molecule has 2 aromatic rings. The van der Waals surface area contributed by atoms with E-state index in [1.54, 1.807) is 0 Å². The van der Waals surface area contributed by atoms with Crippen LogP contribution in [-0.4, -0.2) is 9.38 Å². The highest BCUT2D eigenvalue weighted by atomic mass is 79.9. The number of hydrogen-bond acceptors (Lipinski definition) is 2. The fraction of sp³-hybridized carbons (Fsp3) is 0.333. The lowest BCUT2D eigenvalue weighted by atomic mass is 10.1. The van der Waals surface area contributed by atoms with Crippen LogP contribution in [0, 0.1) is 11.3 Å². The highest BCUT2D eigenvalue weighted by Gasteiger charge is 2.14. The van der Waals surface area contributed by atoms with E-state index in [0.29, 0.717) is 12.3 Å². The van der Waals surface area contributed by atoms with E-state index < -0.39 is 0 Å². The van der Waals surface area contributed by atoms with Gasteiger partial charge in [0.15, 0.2) is 0 Å². The van der Waals surface area contributed by atoms with Crippen molar-refractivity contribution in [3.63, 3.8) is 0 Å². The zero-order chi connectivity index (χ0) is 11.7. The van der Waals surface area contributed by atoms with Crippen LogP contribution in [0.1, 0.15) is 31.2 Å². The SMILES string of the molecule is CC(C)c1nc2ccc(Br)cn2c1CC#N. The summed E-state index contributed by atoms with van der Waals surface area (Å²) in [6.45, 7) is 4.19. The minimum Gasteiger partial charge on any atom is -0.302 e. The number of hydrogen-bond donors (Lipinski definition) is 0. The Morgan fingerprint density at radius 1 is 1.50 bits per heavy atom. The standard InChI is InChI=1S/C12H12BrN3/c1-8(2)12-10(5-6-14)16-7-9(13)3-4-11(16)15-12/h3-4,7-8H,5H2,1-2H3. The van der Waals surface area contributed by atoms with E-state index in [0.717, 1.165) is 21.5 Å². The molecule has 0 aromatic carbocycles. The zero-order valence-corrected chi connectivity index (χ0v) is 10.8. The van der Waals surface area contributed by atoms with E-state index in [4.69, 9.17) is 5.26 Å². The van der Waals surface area contributed by atoms with Crippen LogP contribution in [0.3, 0.4) is 0 Å². The second kappa shape index (κ2) is 4.26. The molecule has 0 fully saturated rings. The van der Waals surface area contributed by atoms with E-state index in [1.165, 1.54) is 0 Å². The first-order valence-electron chi connectivity index (χ1n) is 5.17. The van der Waals surface area contributed by atoms with Crippen molar-refractivity contribution in [2.75, 3.05) is 0 Å². The summed E-state index contributed by atoms with van der Waals surface area (Å²) in [4.78, 5) is 4.56. The Hall–Kier alpha value is -1.34. The second-order valence-corrected chi connectivity index (χ2v) is 4.92. The van der Waals surface area contributed by atoms with Gasteiger partial charge in [-0.3, -0.25) is 0 Å². The van der Waals surface area contributed by atoms with Crippen molar-refractivity contribution in [2.24, 2.45) is 0 Å². The van der Waals surface area contributed by atoms with Crippen LogP contribution in [0.25, 0.3) is 5.65 Å². The average Bonchev–Trinajstić information content (AvgIpc) is 2.58. The Balaban J connectivity index is 2.73. The van der Waals surface area contributed by atoms with Crippen molar-refractivity contribution < 1.29 is 0 Å². The minimum atomic E-state index is 0.335. The van der Waals surface area contributed by atoms with Gasteiger partial charge in [-0.05, 0) is 34.0 Å². The lowest BCUT2D eigenvalue weighted by Gasteiger charge is -2.03. The Kier molecular flexibility index (Phi) is 2.97. The van der Waals surface area contributed by atoms with Crippen LogP contribution in [0.15, 0.2) is 22.8 Å². The van der Waals surface area contributed by atoms with E-state index >= 15 is 0 Å². The van der Waals surface area contributed by atoms with Crippen LogP contribution in [0.5, 0.6) is 0 Å². The molecule has 2 aromatic heterocycles. The second-order valence-electron chi connectivity index (χ2n) is 4.01. The van der Waals surface area contributed by atoms with E-state index in [-0.39, 0.29) is 0 Å². The lowest BCUT2D eigenvalue weighted by molar-refractivity contribution is 0.814. The molecule has 16 heavy (non-hydrogen) atoms. The molecule has 0 aliphatic carbocycles. The molecule has 0 aliphatic heterocycles. The highest BCUT2D eigenvalue weighted by molar-refractivity contribution is 9.10. The van der Waals surface area contributed by atoms with Crippen LogP contribution in [-0.2, 0) is 6.42 Å². The molecule has 82 valence electrons. The summed E-state index contributed by atoms with van der Waals surface area (Å²) in [6.07, 6.45) is 2.35. The quantitative estimate of drug-likeness (QED) is 0.845. The number of imidazole rings is 1. The Morgan fingerprint density at radius 3 is 2.88 bits per heavy atom. The molecule has 0 radical (unpaired) electrons. The molecule has 2 heterocycles. The maximum Gasteiger partial charge on any atom is 0.137 e. The maximum absolute atomic E-state index is 8.87. The molecule has 0 unspecified atom stereocenters. The number of pyridine rings is 1. The predicted octanol–water partition coefficient (Wildman–Crippen LogP) is 3.29. The smallest absolute Gasteiger partial charge is 0.137 e. The summed E-state index contributed by atoms with van der Waals surface area (Å²) >= 11 is 3.43. The fourth-order valence-electron chi connectivity index (χ4n) is 1.80. The Labute approximate surface area is 103 Å². The molecule has 3 nitrogen and oxygen atoms in total. The van der Waals surface area contributed by atoms with Gasteiger partial charge in [0.2, 0.25) is 0 Å². The summed E-state index contributed by atoms with van der Waals surface area (Å²) in [5, 5.41) is 8.87. The Bertz CT molecular complexity index is 563. The summed E-state index contributed by atoms with van der Waals surface area (Å²) in [5.74, 6) is 0.335. The van der Waals surface area contributed by atoms with Crippen molar-refractivity contribution in [1.82, 2.24) is 9.38 Å². The van der Waals surface area contributed by atoms with Crippen LogP contribution in [0.4, 0.5) is 0 Å². The van der Waals surface area contributed by atoms with E-state index in [2.05, 4.69) is 40.8 Å². The number of nitrogens with zero attached hydrogens (tertiary/aromatic N) is 3. The largest absolute Gasteiger partial charge is 0.302 e. The highest BCUT2D eigenvalue weighted by Crippen LogP contribution is 2.22. The number of fused-ring (bicyclic) bond motifs is 1. The molecule has 0 N–H and O–H groups in total. The van der Waals surface area contributed by atoms with E-state index in [1.807, 2.05) is 22.7 Å². The molecular formula is C12H12BrN3. The lowest BCUT2D eigenvalue weighted by Crippen LogP contribution is -1.97. The van der Waals surface area contributed by atoms with Crippen LogP contribution >= 0.6 is 15.9 Å². The topological polar surface area (TPSA) is 41.1 Å². The van der Waals surface area contributed by atoms with E-state index in [9.17, 15) is 0 Å². The summed E-state index contributed by atoms with van der Waals surface area (Å²) < 4.78 is 2.98. The third-order valence-corrected chi connectivity index (χ3v) is 2.97. The van der Waals surface area contributed by atoms with Gasteiger partial charge in [-0.1, -0.05) is 13.8 Å². The Morgan fingerprint density at radius 2 is 2.25 bits per heavy atom. The summed E-state index contributed by atoms with van der Waals surface area (Å²) in [7, 11) is 0.